The monoisotopic (exact) mass is 497 g/mol. The molecular formula is C25H27N3O4S2. The van der Waals surface area contributed by atoms with Gasteiger partial charge in [0.25, 0.3) is 5.91 Å². The SMILES string of the molecule is CCOc1cc([C@@H]2NC(=O)c3c(sc4c3CCN(C(C)C)C4)N2)ccc1OC(=O)c1cccs1. The smallest absolute Gasteiger partial charge is 0.353 e. The zero-order valence-electron chi connectivity index (χ0n) is 19.3. The number of hydrogen-bond acceptors (Lipinski definition) is 8. The van der Waals surface area contributed by atoms with E-state index in [1.807, 2.05) is 30.5 Å². The summed E-state index contributed by atoms with van der Waals surface area (Å²) in [5, 5.41) is 9.34. The second-order valence-corrected chi connectivity index (χ2v) is 10.6. The number of rotatable bonds is 6. The van der Waals surface area contributed by atoms with Crippen molar-refractivity contribution in [2.45, 2.75) is 45.9 Å². The highest BCUT2D eigenvalue weighted by atomic mass is 32.1. The van der Waals surface area contributed by atoms with Crippen molar-refractivity contribution in [1.29, 1.82) is 0 Å². The molecule has 2 aliphatic heterocycles. The predicted octanol–water partition coefficient (Wildman–Crippen LogP) is 5.05. The Labute approximate surface area is 206 Å². The number of anilines is 1. The van der Waals surface area contributed by atoms with Gasteiger partial charge in [-0.3, -0.25) is 9.69 Å². The van der Waals surface area contributed by atoms with Crippen molar-refractivity contribution in [1.82, 2.24) is 10.2 Å². The number of carbonyl (C=O) groups excluding carboxylic acids is 2. The van der Waals surface area contributed by atoms with Crippen molar-refractivity contribution in [3.63, 3.8) is 0 Å². The number of carbonyl (C=O) groups is 2. The molecule has 0 bridgehead atoms. The fourth-order valence-corrected chi connectivity index (χ4v) is 6.24. The number of hydrogen-bond donors (Lipinski definition) is 2. The van der Waals surface area contributed by atoms with E-state index in [4.69, 9.17) is 9.47 Å². The van der Waals surface area contributed by atoms with E-state index in [1.54, 1.807) is 23.5 Å². The van der Waals surface area contributed by atoms with Crippen LogP contribution < -0.4 is 20.1 Å². The van der Waals surface area contributed by atoms with E-state index >= 15 is 0 Å². The molecule has 0 saturated carbocycles. The lowest BCUT2D eigenvalue weighted by atomic mass is 9.99. The van der Waals surface area contributed by atoms with Crippen LogP contribution in [0, 0.1) is 0 Å². The molecule has 7 nitrogen and oxygen atoms in total. The van der Waals surface area contributed by atoms with Gasteiger partial charge in [0.15, 0.2) is 11.5 Å². The third kappa shape index (κ3) is 4.31. The van der Waals surface area contributed by atoms with Gasteiger partial charge in [-0.15, -0.1) is 22.7 Å². The van der Waals surface area contributed by atoms with E-state index in [0.717, 1.165) is 35.6 Å². The zero-order chi connectivity index (χ0) is 23.8. The highest BCUT2D eigenvalue weighted by Gasteiger charge is 2.34. The van der Waals surface area contributed by atoms with E-state index in [0.29, 0.717) is 29.0 Å². The van der Waals surface area contributed by atoms with Gasteiger partial charge in [-0.25, -0.2) is 4.79 Å². The molecule has 178 valence electrons. The Morgan fingerprint density at radius 1 is 1.24 bits per heavy atom. The second kappa shape index (κ2) is 9.40. The standard InChI is InChI=1S/C25H27N3O4S2/c1-4-31-18-12-15(7-8-17(18)32-25(30)19-6-5-11-33-19)22-26-23(29)21-16-9-10-28(14(2)3)13-20(16)34-24(21)27-22/h5-8,11-12,14,22,27H,4,9-10,13H2,1-3H3,(H,26,29)/t22-/m1/s1. The first kappa shape index (κ1) is 22.9. The zero-order valence-corrected chi connectivity index (χ0v) is 21.0. The summed E-state index contributed by atoms with van der Waals surface area (Å²) in [6, 6.07) is 9.39. The van der Waals surface area contributed by atoms with E-state index in [1.165, 1.54) is 21.8 Å². The van der Waals surface area contributed by atoms with Gasteiger partial charge in [-0.05, 0) is 61.9 Å². The topological polar surface area (TPSA) is 79.9 Å². The van der Waals surface area contributed by atoms with Crippen LogP contribution in [0.3, 0.4) is 0 Å². The van der Waals surface area contributed by atoms with Crippen LogP contribution in [-0.4, -0.2) is 36.0 Å². The lowest BCUT2D eigenvalue weighted by Gasteiger charge is -2.31. The first-order valence-electron chi connectivity index (χ1n) is 11.4. The van der Waals surface area contributed by atoms with Gasteiger partial charge in [0.2, 0.25) is 0 Å². The Kier molecular flexibility index (Phi) is 6.33. The van der Waals surface area contributed by atoms with Crippen LogP contribution in [0.5, 0.6) is 11.5 Å². The average Bonchev–Trinajstić information content (AvgIpc) is 3.48. The number of benzene rings is 1. The van der Waals surface area contributed by atoms with Crippen LogP contribution in [0.2, 0.25) is 0 Å². The Bertz CT molecular complexity index is 1220. The number of thiophene rings is 2. The van der Waals surface area contributed by atoms with Crippen LogP contribution in [-0.2, 0) is 13.0 Å². The average molecular weight is 498 g/mol. The maximum Gasteiger partial charge on any atom is 0.353 e. The molecule has 3 aromatic rings. The molecule has 1 aromatic carbocycles. The highest BCUT2D eigenvalue weighted by molar-refractivity contribution is 7.16. The molecule has 2 aromatic heterocycles. The number of amides is 1. The van der Waals surface area contributed by atoms with Crippen molar-refractivity contribution in [3.05, 3.63) is 62.2 Å². The molecule has 1 atom stereocenters. The predicted molar refractivity (Wildman–Crippen MR) is 134 cm³/mol. The Morgan fingerprint density at radius 3 is 2.82 bits per heavy atom. The van der Waals surface area contributed by atoms with Gasteiger partial charge in [0, 0.05) is 24.0 Å². The molecule has 9 heteroatoms. The summed E-state index contributed by atoms with van der Waals surface area (Å²) < 4.78 is 11.3. The number of nitrogens with zero attached hydrogens (tertiary/aromatic N) is 1. The Balaban J connectivity index is 1.39. The van der Waals surface area contributed by atoms with Gasteiger partial charge in [0.05, 0.1) is 12.2 Å². The van der Waals surface area contributed by atoms with Gasteiger partial charge in [-0.2, -0.15) is 0 Å². The summed E-state index contributed by atoms with van der Waals surface area (Å²) in [4.78, 5) is 29.8. The van der Waals surface area contributed by atoms with Crippen LogP contribution >= 0.6 is 22.7 Å². The van der Waals surface area contributed by atoms with E-state index in [-0.39, 0.29) is 5.91 Å². The second-order valence-electron chi connectivity index (χ2n) is 8.58. The van der Waals surface area contributed by atoms with Gasteiger partial charge in [-0.1, -0.05) is 12.1 Å². The molecular weight excluding hydrogens is 470 g/mol. The van der Waals surface area contributed by atoms with E-state index < -0.39 is 12.1 Å². The van der Waals surface area contributed by atoms with Crippen LogP contribution in [0.15, 0.2) is 35.7 Å². The summed E-state index contributed by atoms with van der Waals surface area (Å²) in [6.45, 7) is 8.55. The molecule has 0 aliphatic carbocycles. The lowest BCUT2D eigenvalue weighted by Crippen LogP contribution is -2.39. The Hall–Kier alpha value is -2.88. The highest BCUT2D eigenvalue weighted by Crippen LogP contribution is 2.42. The van der Waals surface area contributed by atoms with Crippen molar-refractivity contribution in [2.24, 2.45) is 0 Å². The van der Waals surface area contributed by atoms with Gasteiger partial charge < -0.3 is 20.1 Å². The third-order valence-corrected chi connectivity index (χ3v) is 8.12. The summed E-state index contributed by atoms with van der Waals surface area (Å²) >= 11 is 3.00. The fraction of sp³-hybridized carbons (Fsp3) is 0.360. The molecule has 0 radical (unpaired) electrons. The maximum atomic E-state index is 13.1. The minimum absolute atomic E-state index is 0.0552. The van der Waals surface area contributed by atoms with Crippen LogP contribution in [0.25, 0.3) is 0 Å². The minimum Gasteiger partial charge on any atom is -0.490 e. The quantitative estimate of drug-likeness (QED) is 0.367. The molecule has 1 amide bonds. The van der Waals surface area contributed by atoms with Crippen molar-refractivity contribution >= 4 is 39.6 Å². The third-order valence-electron chi connectivity index (χ3n) is 6.12. The first-order valence-corrected chi connectivity index (χ1v) is 13.1. The largest absolute Gasteiger partial charge is 0.490 e. The van der Waals surface area contributed by atoms with Crippen molar-refractivity contribution in [3.8, 4) is 11.5 Å². The van der Waals surface area contributed by atoms with E-state index in [2.05, 4.69) is 29.4 Å². The number of nitrogens with one attached hydrogen (secondary N) is 2. The molecule has 0 saturated heterocycles. The van der Waals surface area contributed by atoms with Gasteiger partial charge in [0.1, 0.15) is 16.0 Å². The fourth-order valence-electron chi connectivity index (χ4n) is 4.34. The minimum atomic E-state index is -0.419. The molecule has 5 rings (SSSR count). The Morgan fingerprint density at radius 2 is 2.09 bits per heavy atom. The summed E-state index contributed by atoms with van der Waals surface area (Å²) in [5.41, 5.74) is 2.78. The van der Waals surface area contributed by atoms with Crippen LogP contribution in [0.4, 0.5) is 5.00 Å². The number of ether oxygens (including phenoxy) is 2. The first-order chi connectivity index (χ1) is 16.4. The summed E-state index contributed by atoms with van der Waals surface area (Å²) in [6.07, 6.45) is 0.486. The summed E-state index contributed by atoms with van der Waals surface area (Å²) in [5.74, 6) is 0.342. The number of esters is 1. The molecule has 2 N–H and O–H groups in total. The molecule has 34 heavy (non-hydrogen) atoms. The maximum absolute atomic E-state index is 13.1. The molecule has 2 aliphatic rings. The molecule has 4 heterocycles. The molecule has 0 fully saturated rings. The van der Waals surface area contributed by atoms with Gasteiger partial charge >= 0.3 is 5.97 Å². The summed E-state index contributed by atoms with van der Waals surface area (Å²) in [7, 11) is 0. The van der Waals surface area contributed by atoms with Crippen molar-refractivity contribution < 1.29 is 19.1 Å². The van der Waals surface area contributed by atoms with Crippen molar-refractivity contribution in [2.75, 3.05) is 18.5 Å². The normalized spacial score (nSPS) is 17.5. The lowest BCUT2D eigenvalue weighted by molar-refractivity contribution is 0.0733. The van der Waals surface area contributed by atoms with E-state index in [9.17, 15) is 9.59 Å². The van der Waals surface area contributed by atoms with Crippen LogP contribution in [0.1, 0.15) is 63.0 Å². The number of fused-ring (bicyclic) bond motifs is 3. The molecule has 0 unspecified atom stereocenters. The molecule has 0 spiro atoms.